The smallest absolute Gasteiger partial charge is 0.309 e. The molecule has 0 aliphatic heterocycles. The van der Waals surface area contributed by atoms with Crippen LogP contribution in [-0.4, -0.2) is 37.2 Å². The van der Waals surface area contributed by atoms with E-state index < -0.39 is 12.1 Å². The summed E-state index contributed by atoms with van der Waals surface area (Å²) in [6, 6.07) is 0. The summed E-state index contributed by atoms with van der Waals surface area (Å²) in [5.41, 5.74) is 0. The lowest BCUT2D eigenvalue weighted by Gasteiger charge is -2.18. The summed E-state index contributed by atoms with van der Waals surface area (Å²) in [6.45, 7) is 6.25. The van der Waals surface area contributed by atoms with Crippen LogP contribution in [0.3, 0.4) is 0 Å². The molecule has 0 N–H and O–H groups in total. The number of carbonyl (C=O) groups is 3. The largest absolute Gasteiger partial charge is 0.462 e. The van der Waals surface area contributed by atoms with Crippen molar-refractivity contribution in [1.82, 2.24) is 0 Å². The fourth-order valence-electron chi connectivity index (χ4n) is 6.03. The summed E-state index contributed by atoms with van der Waals surface area (Å²) < 4.78 is 16.6. The lowest BCUT2D eigenvalue weighted by Crippen LogP contribution is -2.30. The minimum Gasteiger partial charge on any atom is -0.462 e. The van der Waals surface area contributed by atoms with Crippen LogP contribution < -0.4 is 0 Å². The van der Waals surface area contributed by atoms with Gasteiger partial charge in [0, 0.05) is 12.8 Å². The number of hydrogen-bond acceptors (Lipinski definition) is 6. The third-order valence-electron chi connectivity index (χ3n) is 9.46. The Morgan fingerprint density at radius 1 is 0.404 bits per heavy atom. The Morgan fingerprint density at radius 2 is 0.842 bits per heavy atom. The number of carbonyl (C=O) groups excluding carboxylic acids is 3. The van der Waals surface area contributed by atoms with Gasteiger partial charge >= 0.3 is 17.9 Å². The number of hydrogen-bond donors (Lipinski definition) is 0. The van der Waals surface area contributed by atoms with Crippen molar-refractivity contribution in [2.24, 2.45) is 0 Å². The van der Waals surface area contributed by atoms with Crippen LogP contribution in [0.4, 0.5) is 0 Å². The first-order valence-corrected chi connectivity index (χ1v) is 23.1. The molecule has 0 spiro atoms. The van der Waals surface area contributed by atoms with Crippen LogP contribution in [0.15, 0.2) is 85.1 Å². The molecule has 324 valence electrons. The van der Waals surface area contributed by atoms with Gasteiger partial charge in [0.2, 0.25) is 0 Å². The molecule has 0 fully saturated rings. The summed E-state index contributed by atoms with van der Waals surface area (Å²) >= 11 is 0. The van der Waals surface area contributed by atoms with E-state index >= 15 is 0 Å². The van der Waals surface area contributed by atoms with Crippen LogP contribution in [0.1, 0.15) is 201 Å². The summed E-state index contributed by atoms with van der Waals surface area (Å²) in [5.74, 6) is -1.06. The maximum atomic E-state index is 12.7. The van der Waals surface area contributed by atoms with Gasteiger partial charge < -0.3 is 14.2 Å². The van der Waals surface area contributed by atoms with Gasteiger partial charge in [0.1, 0.15) is 13.2 Å². The second-order valence-corrected chi connectivity index (χ2v) is 15.0. The quantitative estimate of drug-likeness (QED) is 0.0202. The number of unbranched alkanes of at least 4 members (excludes halogenated alkanes) is 18. The number of allylic oxidation sites excluding steroid dienone is 13. The fourth-order valence-corrected chi connectivity index (χ4v) is 6.03. The first-order chi connectivity index (χ1) is 28.0. The Balaban J connectivity index is 4.44. The molecule has 0 amide bonds. The second-order valence-electron chi connectivity index (χ2n) is 15.0. The lowest BCUT2D eigenvalue weighted by atomic mass is 10.1. The standard InChI is InChI=1S/C51H84O6/c1-4-7-10-13-16-19-21-23-25-27-29-32-35-38-41-44-50(53)56-47-48(46-55-49(52)43-40-37-34-31-18-15-12-9-6-3)57-51(54)45-42-39-36-33-30-28-26-24-22-20-17-14-11-8-5-2/h7,9-10,12-13,16,18-22,31,37,40,48H,4-6,8,11,14-15,17,23-30,32-36,38-39,41-47H2,1-3H3/b10-7-,12-9-,16-13-,21-19-,22-20-,31-18-,40-37-. The van der Waals surface area contributed by atoms with Crippen LogP contribution in [0.25, 0.3) is 0 Å². The highest BCUT2D eigenvalue weighted by Crippen LogP contribution is 2.13. The molecule has 0 aromatic carbocycles. The first kappa shape index (κ1) is 53.6. The van der Waals surface area contributed by atoms with Gasteiger partial charge in [-0.1, -0.05) is 189 Å². The topological polar surface area (TPSA) is 78.9 Å². The molecule has 6 nitrogen and oxygen atoms in total. The van der Waals surface area contributed by atoms with E-state index in [1.165, 1.54) is 89.9 Å². The van der Waals surface area contributed by atoms with Crippen molar-refractivity contribution in [2.75, 3.05) is 13.2 Å². The van der Waals surface area contributed by atoms with Gasteiger partial charge in [-0.25, -0.2) is 0 Å². The highest BCUT2D eigenvalue weighted by molar-refractivity contribution is 5.72. The van der Waals surface area contributed by atoms with E-state index in [2.05, 4.69) is 93.7 Å². The van der Waals surface area contributed by atoms with E-state index in [1.54, 1.807) is 6.08 Å². The summed E-state index contributed by atoms with van der Waals surface area (Å²) in [6.07, 6.45) is 57.4. The van der Waals surface area contributed by atoms with Crippen molar-refractivity contribution in [2.45, 2.75) is 207 Å². The summed E-state index contributed by atoms with van der Waals surface area (Å²) in [4.78, 5) is 37.7. The molecule has 0 aromatic heterocycles. The zero-order valence-electron chi connectivity index (χ0n) is 36.8. The van der Waals surface area contributed by atoms with E-state index in [1.807, 2.05) is 6.08 Å². The SMILES string of the molecule is CC\C=C/C=C\C=C/CCCCCCCCCC(=O)OCC(COC(=O)C/C=C\C/C=C\C/C=C\CC)OC(=O)CCCCCCCCC/C=C\CCCCCC. The first-order valence-electron chi connectivity index (χ1n) is 23.1. The van der Waals surface area contributed by atoms with Gasteiger partial charge in [0.25, 0.3) is 0 Å². The molecule has 0 bridgehead atoms. The van der Waals surface area contributed by atoms with E-state index in [0.29, 0.717) is 12.8 Å². The number of rotatable bonds is 40. The molecular formula is C51H84O6. The maximum absolute atomic E-state index is 12.7. The lowest BCUT2D eigenvalue weighted by molar-refractivity contribution is -0.166. The molecule has 6 heteroatoms. The Hall–Kier alpha value is -3.41. The molecule has 57 heavy (non-hydrogen) atoms. The highest BCUT2D eigenvalue weighted by Gasteiger charge is 2.19. The maximum Gasteiger partial charge on any atom is 0.309 e. The third-order valence-corrected chi connectivity index (χ3v) is 9.46. The van der Waals surface area contributed by atoms with Crippen molar-refractivity contribution < 1.29 is 28.6 Å². The molecular weight excluding hydrogens is 709 g/mol. The third kappa shape index (κ3) is 43.6. The van der Waals surface area contributed by atoms with Gasteiger partial charge in [0.05, 0.1) is 6.42 Å². The van der Waals surface area contributed by atoms with Crippen molar-refractivity contribution in [3.05, 3.63) is 85.1 Å². The van der Waals surface area contributed by atoms with Crippen LogP contribution >= 0.6 is 0 Å². The van der Waals surface area contributed by atoms with Gasteiger partial charge in [-0.05, 0) is 77.0 Å². The Labute approximate surface area is 350 Å². The Morgan fingerprint density at radius 3 is 1.40 bits per heavy atom. The zero-order chi connectivity index (χ0) is 41.5. The molecule has 0 saturated carbocycles. The van der Waals surface area contributed by atoms with Crippen LogP contribution in [0.5, 0.6) is 0 Å². The van der Waals surface area contributed by atoms with E-state index in [9.17, 15) is 14.4 Å². The van der Waals surface area contributed by atoms with Gasteiger partial charge in [-0.2, -0.15) is 0 Å². The van der Waals surface area contributed by atoms with Crippen molar-refractivity contribution in [3.8, 4) is 0 Å². The van der Waals surface area contributed by atoms with E-state index in [4.69, 9.17) is 14.2 Å². The Kier molecular flexibility index (Phi) is 42.6. The molecule has 0 rings (SSSR count). The predicted molar refractivity (Wildman–Crippen MR) is 242 cm³/mol. The molecule has 0 aliphatic carbocycles. The molecule has 0 aromatic rings. The Bertz CT molecular complexity index is 1140. The molecule has 1 atom stereocenters. The molecule has 0 heterocycles. The van der Waals surface area contributed by atoms with Crippen LogP contribution in [0, 0.1) is 0 Å². The van der Waals surface area contributed by atoms with Gasteiger partial charge in [0.15, 0.2) is 6.10 Å². The molecule has 0 saturated heterocycles. The van der Waals surface area contributed by atoms with Gasteiger partial charge in [-0.15, -0.1) is 0 Å². The number of esters is 3. The minimum absolute atomic E-state index is 0.112. The summed E-state index contributed by atoms with van der Waals surface area (Å²) in [5, 5.41) is 0. The van der Waals surface area contributed by atoms with E-state index in [0.717, 1.165) is 70.6 Å². The van der Waals surface area contributed by atoms with Crippen LogP contribution in [-0.2, 0) is 28.6 Å². The van der Waals surface area contributed by atoms with Crippen molar-refractivity contribution >= 4 is 17.9 Å². The normalized spacial score (nSPS) is 12.8. The fraction of sp³-hybridized carbons (Fsp3) is 0.667. The second kappa shape index (κ2) is 45.3. The average Bonchev–Trinajstić information content (AvgIpc) is 3.21. The van der Waals surface area contributed by atoms with Crippen molar-refractivity contribution in [1.29, 1.82) is 0 Å². The monoisotopic (exact) mass is 793 g/mol. The minimum atomic E-state index is -0.817. The van der Waals surface area contributed by atoms with Gasteiger partial charge in [-0.3, -0.25) is 14.4 Å². The molecule has 0 radical (unpaired) electrons. The predicted octanol–water partition coefficient (Wildman–Crippen LogP) is 14.9. The highest BCUT2D eigenvalue weighted by atomic mass is 16.6. The van der Waals surface area contributed by atoms with Crippen molar-refractivity contribution in [3.63, 3.8) is 0 Å². The number of ether oxygens (including phenoxy) is 3. The zero-order valence-corrected chi connectivity index (χ0v) is 36.8. The molecule has 1 unspecified atom stereocenters. The average molecular weight is 793 g/mol. The van der Waals surface area contributed by atoms with E-state index in [-0.39, 0.29) is 31.6 Å². The van der Waals surface area contributed by atoms with Crippen LogP contribution in [0.2, 0.25) is 0 Å². The summed E-state index contributed by atoms with van der Waals surface area (Å²) in [7, 11) is 0. The molecule has 0 aliphatic rings.